The molecule has 1 aliphatic heterocycles. The predicted octanol–water partition coefficient (Wildman–Crippen LogP) is 0.630. The maximum Gasteiger partial charge on any atom is 0.224 e. The van der Waals surface area contributed by atoms with Gasteiger partial charge < -0.3 is 15.6 Å². The van der Waals surface area contributed by atoms with Crippen molar-refractivity contribution in [2.75, 3.05) is 13.1 Å². The van der Waals surface area contributed by atoms with Crippen molar-refractivity contribution >= 4 is 5.91 Å². The molecule has 2 rings (SSSR count). The van der Waals surface area contributed by atoms with Gasteiger partial charge in [-0.1, -0.05) is 0 Å². The highest BCUT2D eigenvalue weighted by atomic mass is 16.1. The summed E-state index contributed by atoms with van der Waals surface area (Å²) in [4.78, 5) is 14.8. The molecule has 4 heteroatoms. The number of amides is 1. The van der Waals surface area contributed by atoms with Gasteiger partial charge in [0.2, 0.25) is 5.91 Å². The van der Waals surface area contributed by atoms with E-state index in [9.17, 15) is 4.79 Å². The predicted molar refractivity (Wildman–Crippen MR) is 58.2 cm³/mol. The Balaban J connectivity index is 1.76. The van der Waals surface area contributed by atoms with E-state index in [0.29, 0.717) is 6.54 Å². The molecule has 1 saturated heterocycles. The molecule has 0 aliphatic carbocycles. The minimum atomic E-state index is 0.147. The van der Waals surface area contributed by atoms with Gasteiger partial charge in [0.15, 0.2) is 0 Å². The number of hydrogen-bond donors (Lipinski definition) is 3. The molecule has 1 aromatic rings. The zero-order chi connectivity index (χ0) is 10.5. The van der Waals surface area contributed by atoms with Crippen molar-refractivity contribution in [3.63, 3.8) is 0 Å². The van der Waals surface area contributed by atoms with E-state index in [2.05, 4.69) is 15.6 Å². The summed E-state index contributed by atoms with van der Waals surface area (Å²) >= 11 is 0. The van der Waals surface area contributed by atoms with Crippen molar-refractivity contribution < 1.29 is 4.79 Å². The first kappa shape index (κ1) is 10.2. The van der Waals surface area contributed by atoms with Crippen LogP contribution in [0.5, 0.6) is 0 Å². The lowest BCUT2D eigenvalue weighted by atomic mass is 9.99. The van der Waals surface area contributed by atoms with Gasteiger partial charge in [0, 0.05) is 18.4 Å². The maximum absolute atomic E-state index is 11.7. The second-order valence-corrected chi connectivity index (χ2v) is 3.96. The molecule has 2 heterocycles. The van der Waals surface area contributed by atoms with Gasteiger partial charge in [-0.05, 0) is 31.5 Å². The van der Waals surface area contributed by atoms with Crippen LogP contribution in [0.25, 0.3) is 0 Å². The van der Waals surface area contributed by atoms with Crippen molar-refractivity contribution in [1.82, 2.24) is 15.6 Å². The molecule has 1 atom stereocenters. The topological polar surface area (TPSA) is 56.9 Å². The quantitative estimate of drug-likeness (QED) is 0.681. The number of nitrogens with one attached hydrogen (secondary N) is 3. The number of piperidine rings is 1. The Morgan fingerprint density at radius 2 is 2.53 bits per heavy atom. The molecule has 1 aliphatic rings. The van der Waals surface area contributed by atoms with Crippen molar-refractivity contribution in [1.29, 1.82) is 0 Å². The first-order valence-corrected chi connectivity index (χ1v) is 5.47. The Morgan fingerprint density at radius 1 is 1.60 bits per heavy atom. The molecular weight excluding hydrogens is 190 g/mol. The Kier molecular flexibility index (Phi) is 3.40. The van der Waals surface area contributed by atoms with E-state index in [4.69, 9.17) is 0 Å². The summed E-state index contributed by atoms with van der Waals surface area (Å²) in [5.41, 5.74) is 1.05. The Labute approximate surface area is 89.5 Å². The van der Waals surface area contributed by atoms with Crippen LogP contribution in [0, 0.1) is 5.92 Å². The summed E-state index contributed by atoms with van der Waals surface area (Å²) in [5.74, 6) is 0.311. The fourth-order valence-electron chi connectivity index (χ4n) is 1.88. The van der Waals surface area contributed by atoms with Crippen LogP contribution in [-0.4, -0.2) is 24.0 Å². The minimum absolute atomic E-state index is 0.147. The minimum Gasteiger partial charge on any atom is -0.364 e. The molecule has 1 unspecified atom stereocenters. The Morgan fingerprint density at radius 3 is 3.20 bits per heavy atom. The molecule has 0 radical (unpaired) electrons. The van der Waals surface area contributed by atoms with Gasteiger partial charge in [-0.3, -0.25) is 4.79 Å². The summed E-state index contributed by atoms with van der Waals surface area (Å²) in [6.45, 7) is 2.46. The van der Waals surface area contributed by atoms with E-state index >= 15 is 0 Å². The van der Waals surface area contributed by atoms with Crippen LogP contribution >= 0.6 is 0 Å². The lowest BCUT2D eigenvalue weighted by Gasteiger charge is -2.21. The van der Waals surface area contributed by atoms with Gasteiger partial charge in [-0.25, -0.2) is 0 Å². The average Bonchev–Trinajstić information content (AvgIpc) is 2.80. The van der Waals surface area contributed by atoms with Gasteiger partial charge in [0.05, 0.1) is 12.5 Å². The zero-order valence-electron chi connectivity index (χ0n) is 8.75. The van der Waals surface area contributed by atoms with E-state index < -0.39 is 0 Å². The number of carbonyl (C=O) groups excluding carboxylic acids is 1. The zero-order valence-corrected chi connectivity index (χ0v) is 8.75. The SMILES string of the molecule is O=C(NCc1ccc[nH]1)C1CCCNC1. The smallest absolute Gasteiger partial charge is 0.224 e. The summed E-state index contributed by atoms with van der Waals surface area (Å²) in [5, 5.41) is 6.18. The van der Waals surface area contributed by atoms with Crippen LogP contribution in [0.2, 0.25) is 0 Å². The molecule has 0 saturated carbocycles. The first-order chi connectivity index (χ1) is 7.36. The largest absolute Gasteiger partial charge is 0.364 e. The third-order valence-corrected chi connectivity index (χ3v) is 2.78. The normalized spacial score (nSPS) is 21.2. The monoisotopic (exact) mass is 207 g/mol. The molecule has 0 aromatic carbocycles. The fraction of sp³-hybridized carbons (Fsp3) is 0.545. The van der Waals surface area contributed by atoms with Gasteiger partial charge >= 0.3 is 0 Å². The van der Waals surface area contributed by atoms with Gasteiger partial charge in [0.25, 0.3) is 0 Å². The number of aromatic amines is 1. The lowest BCUT2D eigenvalue weighted by molar-refractivity contribution is -0.125. The number of H-pyrrole nitrogens is 1. The van der Waals surface area contributed by atoms with Crippen LogP contribution < -0.4 is 10.6 Å². The third kappa shape index (κ3) is 2.83. The highest BCUT2D eigenvalue weighted by molar-refractivity contribution is 5.78. The van der Waals surface area contributed by atoms with Crippen LogP contribution in [0.4, 0.5) is 0 Å². The molecular formula is C11H17N3O. The molecule has 0 bridgehead atoms. The van der Waals surface area contributed by atoms with Gasteiger partial charge in [0.1, 0.15) is 0 Å². The van der Waals surface area contributed by atoms with Gasteiger partial charge in [-0.15, -0.1) is 0 Å². The van der Waals surface area contributed by atoms with E-state index in [0.717, 1.165) is 31.6 Å². The molecule has 3 N–H and O–H groups in total. The molecule has 0 spiro atoms. The maximum atomic E-state index is 11.7. The number of carbonyl (C=O) groups is 1. The first-order valence-electron chi connectivity index (χ1n) is 5.47. The van der Waals surface area contributed by atoms with Crippen molar-refractivity contribution in [2.24, 2.45) is 5.92 Å². The molecule has 1 fully saturated rings. The van der Waals surface area contributed by atoms with E-state index in [-0.39, 0.29) is 11.8 Å². The van der Waals surface area contributed by atoms with Crippen LogP contribution in [0.3, 0.4) is 0 Å². The Bertz CT molecular complexity index is 302. The molecule has 4 nitrogen and oxygen atoms in total. The van der Waals surface area contributed by atoms with Crippen molar-refractivity contribution in [3.8, 4) is 0 Å². The second-order valence-electron chi connectivity index (χ2n) is 3.96. The van der Waals surface area contributed by atoms with Crippen LogP contribution in [0.15, 0.2) is 18.3 Å². The molecule has 82 valence electrons. The second kappa shape index (κ2) is 4.98. The fourth-order valence-corrected chi connectivity index (χ4v) is 1.88. The third-order valence-electron chi connectivity index (χ3n) is 2.78. The average molecular weight is 207 g/mol. The van der Waals surface area contributed by atoms with E-state index in [1.165, 1.54) is 0 Å². The summed E-state index contributed by atoms with van der Waals surface area (Å²) in [6.07, 6.45) is 3.97. The highest BCUT2D eigenvalue weighted by Gasteiger charge is 2.20. The number of hydrogen-bond acceptors (Lipinski definition) is 2. The summed E-state index contributed by atoms with van der Waals surface area (Å²) in [6, 6.07) is 3.91. The summed E-state index contributed by atoms with van der Waals surface area (Å²) < 4.78 is 0. The molecule has 1 aromatic heterocycles. The van der Waals surface area contributed by atoms with Gasteiger partial charge in [-0.2, -0.15) is 0 Å². The van der Waals surface area contributed by atoms with E-state index in [1.54, 1.807) is 0 Å². The number of aromatic nitrogens is 1. The highest BCUT2D eigenvalue weighted by Crippen LogP contribution is 2.09. The van der Waals surface area contributed by atoms with Crippen LogP contribution in [0.1, 0.15) is 18.5 Å². The lowest BCUT2D eigenvalue weighted by Crippen LogP contribution is -2.40. The molecule has 1 amide bonds. The van der Waals surface area contributed by atoms with Crippen molar-refractivity contribution in [2.45, 2.75) is 19.4 Å². The number of rotatable bonds is 3. The van der Waals surface area contributed by atoms with E-state index in [1.807, 2.05) is 18.3 Å². The van der Waals surface area contributed by atoms with Crippen LogP contribution in [-0.2, 0) is 11.3 Å². The Hall–Kier alpha value is -1.29. The summed E-state index contributed by atoms with van der Waals surface area (Å²) in [7, 11) is 0. The molecule has 15 heavy (non-hydrogen) atoms. The standard InChI is InChI=1S/C11H17N3O/c15-11(9-3-1-5-12-7-9)14-8-10-4-2-6-13-10/h2,4,6,9,12-13H,1,3,5,7-8H2,(H,14,15). The van der Waals surface area contributed by atoms with Crippen molar-refractivity contribution in [3.05, 3.63) is 24.0 Å².